The van der Waals surface area contributed by atoms with E-state index in [1.165, 1.54) is 347 Å². The first-order valence-corrected chi connectivity index (χ1v) is 36.0. The Kier molecular flexibility index (Phi) is 66.9. The molecule has 0 aromatic heterocycles. The number of aliphatic hydroxyl groups is 2. The van der Waals surface area contributed by atoms with Crippen molar-refractivity contribution in [1.29, 1.82) is 0 Å². The molecule has 2 atom stereocenters. The highest BCUT2D eigenvalue weighted by atomic mass is 16.5. The van der Waals surface area contributed by atoms with Crippen LogP contribution in [0.5, 0.6) is 0 Å². The van der Waals surface area contributed by atoms with Gasteiger partial charge in [-0.15, -0.1) is 0 Å². The Morgan fingerprint density at radius 2 is 0.590 bits per heavy atom. The number of nitrogens with one attached hydrogen (secondary N) is 1. The average Bonchev–Trinajstić information content (AvgIpc) is 3.44. The third-order valence-corrected chi connectivity index (χ3v) is 17.1. The number of hydrogen-bond donors (Lipinski definition) is 3. The van der Waals surface area contributed by atoms with Crippen LogP contribution in [0.4, 0.5) is 0 Å². The van der Waals surface area contributed by atoms with Gasteiger partial charge in [0.2, 0.25) is 5.91 Å². The van der Waals surface area contributed by atoms with Gasteiger partial charge in [0.05, 0.1) is 25.4 Å². The molecule has 6 nitrogen and oxygen atoms in total. The van der Waals surface area contributed by atoms with Crippen molar-refractivity contribution in [1.82, 2.24) is 5.32 Å². The monoisotopic (exact) mass is 1100 g/mol. The van der Waals surface area contributed by atoms with E-state index in [0.717, 1.165) is 38.5 Å². The maximum atomic E-state index is 12.5. The number of rotatable bonds is 68. The molecule has 0 rings (SSSR count). The number of unbranched alkanes of at least 4 members (excludes halogenated alkanes) is 57. The van der Waals surface area contributed by atoms with Crippen molar-refractivity contribution in [2.24, 2.45) is 0 Å². The van der Waals surface area contributed by atoms with Gasteiger partial charge in [0.1, 0.15) is 0 Å². The van der Waals surface area contributed by atoms with Crippen molar-refractivity contribution in [3.05, 3.63) is 12.2 Å². The SMILES string of the molecule is CCCCCCCCCCCCCCCCCCCCCCCCC/C=C/C(O)C(CO)NC(=O)CCCCCCCCCCCCCCCCCCCCCCOC(=O)CCCCCCCCCCCCCCCCCC. The van der Waals surface area contributed by atoms with E-state index in [1.54, 1.807) is 6.08 Å². The standard InChI is InChI=1S/C72H141NO5/c1-3-5-7-9-11-13-15-17-19-21-22-23-24-25-26-27-30-33-36-40-44-48-52-56-60-64-70(75)69(68-74)73-71(76)65-61-57-53-49-45-41-37-34-31-28-29-32-35-39-43-47-51-55-59-63-67-78-72(77)66-62-58-54-50-46-42-38-20-18-16-14-12-10-8-6-4-2/h60,64,69-70,74-75H,3-59,61-63,65-68H2,1-2H3,(H,73,76)/b64-60+. The van der Waals surface area contributed by atoms with Crippen molar-refractivity contribution in [3.8, 4) is 0 Å². The first-order chi connectivity index (χ1) is 38.5. The quantitative estimate of drug-likeness (QED) is 0.0320. The number of allylic oxidation sites excluding steroid dienone is 1. The normalized spacial score (nSPS) is 12.5. The number of ether oxygens (including phenoxy) is 1. The lowest BCUT2D eigenvalue weighted by Crippen LogP contribution is -2.45. The molecule has 0 aliphatic heterocycles. The molecule has 0 fully saturated rings. The molecule has 0 spiro atoms. The summed E-state index contributed by atoms with van der Waals surface area (Å²) in [6.07, 6.45) is 84.3. The van der Waals surface area contributed by atoms with Crippen LogP contribution in [0, 0.1) is 0 Å². The van der Waals surface area contributed by atoms with Gasteiger partial charge < -0.3 is 20.3 Å². The van der Waals surface area contributed by atoms with Crippen LogP contribution in [0.15, 0.2) is 12.2 Å². The van der Waals surface area contributed by atoms with Crippen LogP contribution >= 0.6 is 0 Å². The Hall–Kier alpha value is -1.40. The lowest BCUT2D eigenvalue weighted by molar-refractivity contribution is -0.143. The fraction of sp³-hybridized carbons (Fsp3) is 0.944. The molecule has 0 aromatic carbocycles. The summed E-state index contributed by atoms with van der Waals surface area (Å²) < 4.78 is 5.50. The van der Waals surface area contributed by atoms with Crippen LogP contribution in [0.1, 0.15) is 412 Å². The van der Waals surface area contributed by atoms with E-state index in [9.17, 15) is 19.8 Å². The maximum Gasteiger partial charge on any atom is 0.305 e. The molecule has 0 saturated heterocycles. The van der Waals surface area contributed by atoms with E-state index >= 15 is 0 Å². The molecule has 1 amide bonds. The third-order valence-electron chi connectivity index (χ3n) is 17.1. The van der Waals surface area contributed by atoms with E-state index in [0.29, 0.717) is 19.4 Å². The molecule has 464 valence electrons. The number of esters is 1. The van der Waals surface area contributed by atoms with Crippen LogP contribution in [-0.4, -0.2) is 47.4 Å². The molecule has 0 aliphatic rings. The molecule has 3 N–H and O–H groups in total. The molecule has 0 radical (unpaired) electrons. The van der Waals surface area contributed by atoms with Gasteiger partial charge in [-0.3, -0.25) is 9.59 Å². The van der Waals surface area contributed by atoms with Crippen LogP contribution in [0.2, 0.25) is 0 Å². The van der Waals surface area contributed by atoms with Gasteiger partial charge in [0.25, 0.3) is 0 Å². The van der Waals surface area contributed by atoms with Gasteiger partial charge in [0.15, 0.2) is 0 Å². The van der Waals surface area contributed by atoms with E-state index in [2.05, 4.69) is 19.2 Å². The second-order valence-corrected chi connectivity index (χ2v) is 24.9. The van der Waals surface area contributed by atoms with Crippen LogP contribution in [0.25, 0.3) is 0 Å². The van der Waals surface area contributed by atoms with Crippen molar-refractivity contribution >= 4 is 11.9 Å². The Labute approximate surface area is 489 Å². The number of carbonyl (C=O) groups excluding carboxylic acids is 2. The van der Waals surface area contributed by atoms with E-state index < -0.39 is 12.1 Å². The topological polar surface area (TPSA) is 95.9 Å². The summed E-state index contributed by atoms with van der Waals surface area (Å²) in [6.45, 7) is 4.95. The summed E-state index contributed by atoms with van der Waals surface area (Å²) in [6, 6.07) is -0.630. The maximum absolute atomic E-state index is 12.5. The van der Waals surface area contributed by atoms with Crippen LogP contribution < -0.4 is 5.32 Å². The predicted octanol–water partition coefficient (Wildman–Crippen LogP) is 23.1. The van der Waals surface area contributed by atoms with Crippen molar-refractivity contribution < 1.29 is 24.5 Å². The van der Waals surface area contributed by atoms with Gasteiger partial charge in [0, 0.05) is 12.8 Å². The third kappa shape index (κ3) is 63.8. The fourth-order valence-corrected chi connectivity index (χ4v) is 11.6. The zero-order valence-electron chi connectivity index (χ0n) is 53.2. The van der Waals surface area contributed by atoms with Crippen molar-refractivity contribution in [3.63, 3.8) is 0 Å². The van der Waals surface area contributed by atoms with E-state index in [1.807, 2.05) is 6.08 Å². The predicted molar refractivity (Wildman–Crippen MR) is 343 cm³/mol. The number of hydrogen-bond acceptors (Lipinski definition) is 5. The molecule has 78 heavy (non-hydrogen) atoms. The van der Waals surface area contributed by atoms with E-state index in [-0.39, 0.29) is 18.5 Å². The summed E-state index contributed by atoms with van der Waals surface area (Å²) >= 11 is 0. The molecule has 6 heteroatoms. The van der Waals surface area contributed by atoms with Crippen LogP contribution in [0.3, 0.4) is 0 Å². The highest BCUT2D eigenvalue weighted by Crippen LogP contribution is 2.19. The number of aliphatic hydroxyl groups excluding tert-OH is 2. The second-order valence-electron chi connectivity index (χ2n) is 24.9. The zero-order chi connectivity index (χ0) is 56.4. The second kappa shape index (κ2) is 68.1. The minimum Gasteiger partial charge on any atom is -0.466 e. The minimum atomic E-state index is -0.847. The van der Waals surface area contributed by atoms with Crippen molar-refractivity contribution in [2.45, 2.75) is 424 Å². The Bertz CT molecular complexity index is 1180. The Morgan fingerprint density at radius 1 is 0.346 bits per heavy atom. The van der Waals surface area contributed by atoms with Crippen molar-refractivity contribution in [2.75, 3.05) is 13.2 Å². The molecule has 0 aromatic rings. The van der Waals surface area contributed by atoms with E-state index in [4.69, 9.17) is 4.74 Å². The summed E-state index contributed by atoms with van der Waals surface area (Å²) in [4.78, 5) is 24.6. The Balaban J connectivity index is 3.40. The Morgan fingerprint density at radius 3 is 0.872 bits per heavy atom. The van der Waals surface area contributed by atoms with Gasteiger partial charge in [-0.25, -0.2) is 0 Å². The molecule has 0 saturated carbocycles. The highest BCUT2D eigenvalue weighted by Gasteiger charge is 2.18. The molecular weight excluding hydrogens is 959 g/mol. The summed E-state index contributed by atoms with van der Waals surface area (Å²) in [5.41, 5.74) is 0. The smallest absolute Gasteiger partial charge is 0.305 e. The fourth-order valence-electron chi connectivity index (χ4n) is 11.6. The average molecular weight is 1100 g/mol. The highest BCUT2D eigenvalue weighted by molar-refractivity contribution is 5.76. The molecule has 0 heterocycles. The molecule has 0 bridgehead atoms. The lowest BCUT2D eigenvalue weighted by Gasteiger charge is -2.20. The number of amides is 1. The molecule has 0 aliphatic carbocycles. The summed E-state index contributed by atoms with van der Waals surface area (Å²) in [5.74, 6) is -0.0497. The number of carbonyl (C=O) groups is 2. The van der Waals surface area contributed by atoms with Gasteiger partial charge >= 0.3 is 5.97 Å². The van der Waals surface area contributed by atoms with Gasteiger partial charge in [-0.1, -0.05) is 379 Å². The lowest BCUT2D eigenvalue weighted by atomic mass is 10.0. The largest absolute Gasteiger partial charge is 0.466 e. The summed E-state index contributed by atoms with van der Waals surface area (Å²) in [5, 5.41) is 23.3. The molecule has 2 unspecified atom stereocenters. The van der Waals surface area contributed by atoms with Gasteiger partial charge in [-0.2, -0.15) is 0 Å². The first kappa shape index (κ1) is 76.6. The first-order valence-electron chi connectivity index (χ1n) is 36.0. The summed E-state index contributed by atoms with van der Waals surface area (Å²) in [7, 11) is 0. The van der Waals surface area contributed by atoms with Crippen LogP contribution in [-0.2, 0) is 14.3 Å². The van der Waals surface area contributed by atoms with Gasteiger partial charge in [-0.05, 0) is 32.1 Å². The molecular formula is C72H141NO5. The minimum absolute atomic E-state index is 0.0148. The zero-order valence-corrected chi connectivity index (χ0v) is 53.2.